The van der Waals surface area contributed by atoms with Gasteiger partial charge in [-0.25, -0.2) is 4.39 Å². The molecule has 0 unspecified atom stereocenters. The number of hydrogen-bond acceptors (Lipinski definition) is 3. The Morgan fingerprint density at radius 2 is 2.14 bits per heavy atom. The van der Waals surface area contributed by atoms with Gasteiger partial charge >= 0.3 is 0 Å². The molecule has 0 radical (unpaired) electrons. The number of nitrogens with zero attached hydrogens (tertiary/aromatic N) is 1. The zero-order valence-electron chi connectivity index (χ0n) is 11.9. The van der Waals surface area contributed by atoms with E-state index < -0.39 is 0 Å². The molecule has 4 nitrogen and oxygen atoms in total. The molecule has 0 aliphatic carbocycles. The van der Waals surface area contributed by atoms with E-state index in [1.807, 2.05) is 6.07 Å². The molecular formula is C16H18FN3O. The van der Waals surface area contributed by atoms with Gasteiger partial charge in [0.05, 0.1) is 0 Å². The number of halogens is 1. The van der Waals surface area contributed by atoms with Crippen LogP contribution in [0.25, 0.3) is 0 Å². The maximum Gasteiger partial charge on any atom is 0.270 e. The van der Waals surface area contributed by atoms with Crippen molar-refractivity contribution in [3.63, 3.8) is 0 Å². The summed E-state index contributed by atoms with van der Waals surface area (Å²) in [6.45, 7) is 3.18. The lowest BCUT2D eigenvalue weighted by atomic mass is 10.2. The van der Waals surface area contributed by atoms with E-state index in [-0.39, 0.29) is 18.3 Å². The van der Waals surface area contributed by atoms with Gasteiger partial charge in [0.2, 0.25) is 0 Å². The molecule has 0 saturated heterocycles. The second-order valence-corrected chi connectivity index (χ2v) is 4.67. The highest BCUT2D eigenvalue weighted by Gasteiger charge is 2.07. The number of rotatable bonds is 6. The highest BCUT2D eigenvalue weighted by molar-refractivity contribution is 5.93. The van der Waals surface area contributed by atoms with Crippen molar-refractivity contribution in [3.8, 4) is 0 Å². The summed E-state index contributed by atoms with van der Waals surface area (Å²) in [6.07, 6.45) is 2.60. The van der Waals surface area contributed by atoms with Gasteiger partial charge in [-0.1, -0.05) is 19.1 Å². The van der Waals surface area contributed by atoms with Crippen LogP contribution in [-0.2, 0) is 6.54 Å². The van der Waals surface area contributed by atoms with Crippen LogP contribution in [0.15, 0.2) is 42.6 Å². The van der Waals surface area contributed by atoms with Gasteiger partial charge in [-0.2, -0.15) is 0 Å². The van der Waals surface area contributed by atoms with Crippen molar-refractivity contribution < 1.29 is 9.18 Å². The molecule has 0 aliphatic rings. The monoisotopic (exact) mass is 287 g/mol. The van der Waals surface area contributed by atoms with E-state index in [2.05, 4.69) is 22.5 Å². The molecule has 2 aromatic rings. The number of carbonyl (C=O) groups excluding carboxylic acids is 1. The number of aromatic nitrogens is 1. The van der Waals surface area contributed by atoms with Crippen LogP contribution in [0, 0.1) is 5.82 Å². The first-order chi connectivity index (χ1) is 10.2. The maximum atomic E-state index is 13.1. The predicted molar refractivity (Wildman–Crippen MR) is 80.6 cm³/mol. The highest BCUT2D eigenvalue weighted by atomic mass is 19.1. The maximum absolute atomic E-state index is 13.1. The minimum Gasteiger partial charge on any atom is -0.385 e. The molecule has 0 bridgehead atoms. The van der Waals surface area contributed by atoms with E-state index in [1.54, 1.807) is 24.4 Å². The van der Waals surface area contributed by atoms with Crippen LogP contribution in [0.5, 0.6) is 0 Å². The Bertz CT molecular complexity index is 616. The number of anilines is 1. The third-order valence-electron chi connectivity index (χ3n) is 2.91. The molecule has 2 N–H and O–H groups in total. The molecule has 1 heterocycles. The van der Waals surface area contributed by atoms with Gasteiger partial charge in [-0.3, -0.25) is 9.78 Å². The van der Waals surface area contributed by atoms with Gasteiger partial charge in [0.1, 0.15) is 11.5 Å². The fourth-order valence-electron chi connectivity index (χ4n) is 1.85. The largest absolute Gasteiger partial charge is 0.385 e. The number of carbonyl (C=O) groups is 1. The standard InChI is InChI=1S/C16H18FN3O/c1-2-7-18-14-6-8-19-15(10-14)16(21)20-11-12-4-3-5-13(17)9-12/h3-6,8-10H,2,7,11H2,1H3,(H,18,19)(H,20,21). The zero-order chi connectivity index (χ0) is 15.1. The summed E-state index contributed by atoms with van der Waals surface area (Å²) in [4.78, 5) is 16.1. The highest BCUT2D eigenvalue weighted by Crippen LogP contribution is 2.08. The third kappa shape index (κ3) is 4.56. The minimum absolute atomic E-state index is 0.269. The molecule has 1 aromatic heterocycles. The van der Waals surface area contributed by atoms with Crippen LogP contribution in [-0.4, -0.2) is 17.4 Å². The lowest BCUT2D eigenvalue weighted by Gasteiger charge is -2.08. The van der Waals surface area contributed by atoms with Crippen molar-refractivity contribution in [2.75, 3.05) is 11.9 Å². The Kier molecular flexibility index (Phi) is 5.26. The van der Waals surface area contributed by atoms with Crippen LogP contribution < -0.4 is 10.6 Å². The Morgan fingerprint density at radius 1 is 1.29 bits per heavy atom. The lowest BCUT2D eigenvalue weighted by molar-refractivity contribution is 0.0946. The molecular weight excluding hydrogens is 269 g/mol. The molecule has 110 valence electrons. The number of nitrogens with one attached hydrogen (secondary N) is 2. The van der Waals surface area contributed by atoms with Crippen molar-refractivity contribution in [3.05, 3.63) is 59.7 Å². The summed E-state index contributed by atoms with van der Waals surface area (Å²) in [5, 5.41) is 5.93. The first kappa shape index (κ1) is 15.0. The van der Waals surface area contributed by atoms with Crippen LogP contribution in [0.1, 0.15) is 29.4 Å². The molecule has 0 aliphatic heterocycles. The third-order valence-corrected chi connectivity index (χ3v) is 2.91. The topological polar surface area (TPSA) is 54.0 Å². The Labute approximate surface area is 123 Å². The summed E-state index contributed by atoms with van der Waals surface area (Å²) in [5.74, 6) is -0.593. The van der Waals surface area contributed by atoms with Gasteiger partial charge in [0.15, 0.2) is 0 Å². The summed E-state index contributed by atoms with van der Waals surface area (Å²) < 4.78 is 13.1. The zero-order valence-corrected chi connectivity index (χ0v) is 11.9. The van der Waals surface area contributed by atoms with Gasteiger partial charge in [0.25, 0.3) is 5.91 Å². The number of amides is 1. The number of benzene rings is 1. The van der Waals surface area contributed by atoms with E-state index in [1.165, 1.54) is 12.1 Å². The molecule has 0 saturated carbocycles. The van der Waals surface area contributed by atoms with Crippen molar-refractivity contribution in [1.82, 2.24) is 10.3 Å². The fourth-order valence-corrected chi connectivity index (χ4v) is 1.85. The van der Waals surface area contributed by atoms with Crippen LogP contribution in [0.3, 0.4) is 0 Å². The van der Waals surface area contributed by atoms with Gasteiger partial charge < -0.3 is 10.6 Å². The van der Waals surface area contributed by atoms with Crippen molar-refractivity contribution in [2.45, 2.75) is 19.9 Å². The van der Waals surface area contributed by atoms with Crippen LogP contribution in [0.2, 0.25) is 0 Å². The van der Waals surface area contributed by atoms with E-state index in [0.717, 1.165) is 18.7 Å². The summed E-state index contributed by atoms with van der Waals surface area (Å²) in [6, 6.07) is 9.67. The predicted octanol–water partition coefficient (Wildman–Crippen LogP) is 2.97. The van der Waals surface area contributed by atoms with E-state index >= 15 is 0 Å². The van der Waals surface area contributed by atoms with Crippen molar-refractivity contribution in [2.24, 2.45) is 0 Å². The molecule has 21 heavy (non-hydrogen) atoms. The molecule has 0 atom stereocenters. The Balaban J connectivity index is 1.96. The van der Waals surface area contributed by atoms with Crippen molar-refractivity contribution >= 4 is 11.6 Å². The average Bonchev–Trinajstić information content (AvgIpc) is 2.51. The van der Waals surface area contributed by atoms with Crippen LogP contribution >= 0.6 is 0 Å². The number of pyridine rings is 1. The molecule has 5 heteroatoms. The normalized spacial score (nSPS) is 10.2. The average molecular weight is 287 g/mol. The second-order valence-electron chi connectivity index (χ2n) is 4.67. The quantitative estimate of drug-likeness (QED) is 0.859. The summed E-state index contributed by atoms with van der Waals surface area (Å²) in [7, 11) is 0. The van der Waals surface area contributed by atoms with E-state index in [0.29, 0.717) is 11.3 Å². The molecule has 0 spiro atoms. The first-order valence-electron chi connectivity index (χ1n) is 6.91. The number of hydrogen-bond donors (Lipinski definition) is 2. The molecule has 2 rings (SSSR count). The van der Waals surface area contributed by atoms with E-state index in [4.69, 9.17) is 0 Å². The smallest absolute Gasteiger partial charge is 0.270 e. The SMILES string of the molecule is CCCNc1ccnc(C(=O)NCc2cccc(F)c2)c1. The van der Waals surface area contributed by atoms with Gasteiger partial charge in [-0.05, 0) is 36.2 Å². The summed E-state index contributed by atoms with van der Waals surface area (Å²) in [5.41, 5.74) is 1.92. The lowest BCUT2D eigenvalue weighted by Crippen LogP contribution is -2.24. The summed E-state index contributed by atoms with van der Waals surface area (Å²) >= 11 is 0. The Hall–Kier alpha value is -2.43. The first-order valence-corrected chi connectivity index (χ1v) is 6.91. The minimum atomic E-state index is -0.314. The molecule has 0 fully saturated rings. The molecule has 1 aromatic carbocycles. The fraction of sp³-hybridized carbons (Fsp3) is 0.250. The van der Waals surface area contributed by atoms with Gasteiger partial charge in [0, 0.05) is 25.0 Å². The van der Waals surface area contributed by atoms with Gasteiger partial charge in [-0.15, -0.1) is 0 Å². The second kappa shape index (κ2) is 7.38. The molecule has 1 amide bonds. The van der Waals surface area contributed by atoms with Crippen LogP contribution in [0.4, 0.5) is 10.1 Å². The van der Waals surface area contributed by atoms with Crippen molar-refractivity contribution in [1.29, 1.82) is 0 Å². The Morgan fingerprint density at radius 3 is 2.90 bits per heavy atom. The van der Waals surface area contributed by atoms with E-state index in [9.17, 15) is 9.18 Å².